The Bertz CT molecular complexity index is 613. The molecule has 126 valence electrons. The molecule has 0 saturated carbocycles. The van der Waals surface area contributed by atoms with Crippen LogP contribution in [0.2, 0.25) is 5.02 Å². The number of nitrogens with two attached hydrogens (primary N) is 1. The number of aromatic hydroxyl groups is 1. The molecule has 1 aromatic carbocycles. The van der Waals surface area contributed by atoms with Gasteiger partial charge in [-0.2, -0.15) is 0 Å². The topological polar surface area (TPSA) is 123 Å². The number of hydrogen-bond acceptors (Lipinski definition) is 6. The molecule has 1 aliphatic rings. The number of phenols is 1. The highest BCUT2D eigenvalue weighted by molar-refractivity contribution is 6.34. The maximum absolute atomic E-state index is 12.3. The number of carbonyl (C=O) groups is 2. The van der Waals surface area contributed by atoms with Crippen molar-refractivity contribution in [2.75, 3.05) is 32.0 Å². The zero-order valence-electron chi connectivity index (χ0n) is 12.5. The van der Waals surface area contributed by atoms with Crippen molar-refractivity contribution < 1.29 is 24.2 Å². The van der Waals surface area contributed by atoms with Gasteiger partial charge < -0.3 is 30.9 Å². The molecule has 0 spiro atoms. The number of hydrogen-bond donors (Lipinski definition) is 4. The fourth-order valence-electron chi connectivity index (χ4n) is 2.06. The number of halogens is 1. The van der Waals surface area contributed by atoms with Crippen LogP contribution >= 0.6 is 11.6 Å². The number of amides is 2. The second kappa shape index (κ2) is 7.38. The molecule has 0 bridgehead atoms. The minimum absolute atomic E-state index is 0.0234. The monoisotopic (exact) mass is 343 g/mol. The van der Waals surface area contributed by atoms with Gasteiger partial charge >= 0.3 is 0 Å². The smallest absolute Gasteiger partial charge is 0.255 e. The summed E-state index contributed by atoms with van der Waals surface area (Å²) < 4.78 is 10.6. The van der Waals surface area contributed by atoms with Crippen molar-refractivity contribution in [2.45, 2.75) is 13.0 Å². The van der Waals surface area contributed by atoms with Crippen LogP contribution in [0.1, 0.15) is 17.3 Å². The van der Waals surface area contributed by atoms with Crippen molar-refractivity contribution in [1.29, 1.82) is 0 Å². The Morgan fingerprint density at radius 1 is 1.65 bits per heavy atom. The zero-order valence-corrected chi connectivity index (χ0v) is 13.3. The summed E-state index contributed by atoms with van der Waals surface area (Å²) in [6, 6.07) is 1.33. The van der Waals surface area contributed by atoms with E-state index in [0.29, 0.717) is 6.54 Å². The predicted molar refractivity (Wildman–Crippen MR) is 83.8 cm³/mol. The molecule has 0 radical (unpaired) electrons. The van der Waals surface area contributed by atoms with E-state index in [0.717, 1.165) is 0 Å². The van der Waals surface area contributed by atoms with Gasteiger partial charge in [-0.1, -0.05) is 11.6 Å². The molecule has 2 amide bonds. The number of benzene rings is 1. The Morgan fingerprint density at radius 2 is 2.39 bits per heavy atom. The van der Waals surface area contributed by atoms with E-state index in [1.54, 1.807) is 6.92 Å². The molecular formula is C14H18ClN3O5. The van der Waals surface area contributed by atoms with Gasteiger partial charge in [-0.05, 0) is 13.0 Å². The van der Waals surface area contributed by atoms with Gasteiger partial charge in [0.05, 0.1) is 29.0 Å². The van der Waals surface area contributed by atoms with E-state index in [-0.39, 0.29) is 59.5 Å². The van der Waals surface area contributed by atoms with Gasteiger partial charge in [-0.3, -0.25) is 9.59 Å². The lowest BCUT2D eigenvalue weighted by molar-refractivity contribution is -0.132. The largest absolute Gasteiger partial charge is 0.503 e. The summed E-state index contributed by atoms with van der Waals surface area (Å²) in [6.07, 6.45) is -0.329. The molecule has 0 aromatic heterocycles. The Kier molecular flexibility index (Phi) is 5.51. The van der Waals surface area contributed by atoms with Crippen LogP contribution in [-0.2, 0) is 9.53 Å². The third-order valence-corrected chi connectivity index (χ3v) is 3.56. The molecule has 5 N–H and O–H groups in total. The van der Waals surface area contributed by atoms with E-state index in [1.165, 1.54) is 6.07 Å². The molecule has 1 heterocycles. The molecule has 2 rings (SSSR count). The zero-order chi connectivity index (χ0) is 17.0. The first-order valence-corrected chi connectivity index (χ1v) is 7.42. The Morgan fingerprint density at radius 3 is 3.00 bits per heavy atom. The van der Waals surface area contributed by atoms with Crippen molar-refractivity contribution in [1.82, 2.24) is 10.6 Å². The minimum Gasteiger partial charge on any atom is -0.503 e. The van der Waals surface area contributed by atoms with Gasteiger partial charge in [0.1, 0.15) is 6.61 Å². The molecule has 1 atom stereocenters. The first-order valence-electron chi connectivity index (χ1n) is 7.04. The third-order valence-electron chi connectivity index (χ3n) is 3.24. The van der Waals surface area contributed by atoms with Crippen LogP contribution in [0.5, 0.6) is 11.5 Å². The van der Waals surface area contributed by atoms with Crippen LogP contribution in [0.25, 0.3) is 0 Å². The number of anilines is 1. The Labute approximate surface area is 137 Å². The molecule has 1 aromatic rings. The number of nitrogen functional groups attached to an aromatic ring is 1. The van der Waals surface area contributed by atoms with E-state index < -0.39 is 5.91 Å². The van der Waals surface area contributed by atoms with Gasteiger partial charge in [-0.25, -0.2) is 0 Å². The second-order valence-corrected chi connectivity index (χ2v) is 5.28. The van der Waals surface area contributed by atoms with Gasteiger partial charge in [0.25, 0.3) is 5.91 Å². The summed E-state index contributed by atoms with van der Waals surface area (Å²) in [5.74, 6) is -1.08. The van der Waals surface area contributed by atoms with Crippen molar-refractivity contribution >= 4 is 29.1 Å². The summed E-state index contributed by atoms with van der Waals surface area (Å²) in [5, 5.41) is 15.3. The Balaban J connectivity index is 2.10. The van der Waals surface area contributed by atoms with E-state index in [4.69, 9.17) is 26.8 Å². The number of phenolic OH excluding ortho intramolecular Hbond substituents is 1. The number of rotatable bonds is 5. The molecule has 1 saturated heterocycles. The molecule has 23 heavy (non-hydrogen) atoms. The molecule has 0 unspecified atom stereocenters. The average molecular weight is 344 g/mol. The van der Waals surface area contributed by atoms with Gasteiger partial charge in [-0.15, -0.1) is 0 Å². The van der Waals surface area contributed by atoms with Gasteiger partial charge in [0.2, 0.25) is 5.91 Å². The lowest BCUT2D eigenvalue weighted by atomic mass is 10.1. The summed E-state index contributed by atoms with van der Waals surface area (Å²) in [7, 11) is 0. The minimum atomic E-state index is -0.494. The molecule has 0 aliphatic carbocycles. The van der Waals surface area contributed by atoms with Crippen molar-refractivity contribution in [2.24, 2.45) is 0 Å². The second-order valence-electron chi connectivity index (χ2n) is 4.88. The van der Waals surface area contributed by atoms with E-state index in [1.807, 2.05) is 0 Å². The fourth-order valence-corrected chi connectivity index (χ4v) is 2.25. The van der Waals surface area contributed by atoms with Crippen molar-refractivity contribution in [3.63, 3.8) is 0 Å². The molecule has 1 aliphatic heterocycles. The summed E-state index contributed by atoms with van der Waals surface area (Å²) in [5.41, 5.74) is 5.65. The lowest BCUT2D eigenvalue weighted by Gasteiger charge is -2.23. The highest BCUT2D eigenvalue weighted by Crippen LogP contribution is 2.40. The number of ether oxygens (including phenoxy) is 2. The van der Waals surface area contributed by atoms with Crippen molar-refractivity contribution in [3.8, 4) is 11.5 Å². The summed E-state index contributed by atoms with van der Waals surface area (Å²) in [6.45, 7) is 2.41. The number of carbonyl (C=O) groups excluding carboxylic acids is 2. The molecule has 1 fully saturated rings. The standard InChI is InChI=1S/C14H18ClN3O5/c1-2-22-13-8(3-9(15)11(16)12(13)20)14(21)18-5-7-4-17-10(19)6-23-7/h3,7,20H,2,4-6,16H2,1H3,(H,17,19)(H,18,21)/t7-/m0/s1. The van der Waals surface area contributed by atoms with Crippen LogP contribution in [0.4, 0.5) is 5.69 Å². The quantitative estimate of drug-likeness (QED) is 0.449. The van der Waals surface area contributed by atoms with Crippen LogP contribution < -0.4 is 21.1 Å². The molecular weight excluding hydrogens is 326 g/mol. The van der Waals surface area contributed by atoms with Crippen molar-refractivity contribution in [3.05, 3.63) is 16.7 Å². The highest BCUT2D eigenvalue weighted by atomic mass is 35.5. The van der Waals surface area contributed by atoms with Crippen LogP contribution in [0.15, 0.2) is 6.07 Å². The third kappa shape index (κ3) is 3.96. The first-order chi connectivity index (χ1) is 10.9. The summed E-state index contributed by atoms with van der Waals surface area (Å²) in [4.78, 5) is 23.3. The Hall–Kier alpha value is -2.19. The van der Waals surface area contributed by atoms with Crippen LogP contribution in [-0.4, -0.2) is 49.3 Å². The average Bonchev–Trinajstić information content (AvgIpc) is 2.54. The molecule has 9 heteroatoms. The van der Waals surface area contributed by atoms with E-state index in [9.17, 15) is 14.7 Å². The van der Waals surface area contributed by atoms with E-state index in [2.05, 4.69) is 10.6 Å². The number of nitrogens with one attached hydrogen (secondary N) is 2. The van der Waals surface area contributed by atoms with E-state index >= 15 is 0 Å². The lowest BCUT2D eigenvalue weighted by Crippen LogP contribution is -2.48. The summed E-state index contributed by atoms with van der Waals surface area (Å²) >= 11 is 5.91. The predicted octanol–water partition coefficient (Wildman–Crippen LogP) is 0.271. The van der Waals surface area contributed by atoms with Gasteiger partial charge in [0, 0.05) is 13.1 Å². The number of morpholine rings is 1. The van der Waals surface area contributed by atoms with Crippen LogP contribution in [0, 0.1) is 0 Å². The maximum Gasteiger partial charge on any atom is 0.255 e. The molecule has 8 nitrogen and oxygen atoms in total. The van der Waals surface area contributed by atoms with Gasteiger partial charge in [0.15, 0.2) is 11.5 Å². The van der Waals surface area contributed by atoms with Crippen LogP contribution in [0.3, 0.4) is 0 Å². The maximum atomic E-state index is 12.3. The fraction of sp³-hybridized carbons (Fsp3) is 0.429. The SMILES string of the molecule is CCOc1c(C(=O)NC[C@@H]2CNC(=O)CO2)cc(Cl)c(N)c1O. The normalized spacial score (nSPS) is 17.5. The highest BCUT2D eigenvalue weighted by Gasteiger charge is 2.23. The first kappa shape index (κ1) is 17.2.